The zero-order valence-electron chi connectivity index (χ0n) is 19.0. The van der Waals surface area contributed by atoms with Gasteiger partial charge in [-0.1, -0.05) is 0 Å². The van der Waals surface area contributed by atoms with Gasteiger partial charge in [0.1, 0.15) is 17.3 Å². The molecule has 7 heteroatoms. The number of imidazole rings is 1. The van der Waals surface area contributed by atoms with Crippen LogP contribution in [0, 0.1) is 13.8 Å². The summed E-state index contributed by atoms with van der Waals surface area (Å²) < 4.78 is 2.02. The lowest BCUT2D eigenvalue weighted by Crippen LogP contribution is -2.45. The van der Waals surface area contributed by atoms with Gasteiger partial charge in [-0.3, -0.25) is 4.98 Å². The first-order valence-electron chi connectivity index (χ1n) is 11.2. The summed E-state index contributed by atoms with van der Waals surface area (Å²) in [5.74, 6) is 1.85. The Kier molecular flexibility index (Phi) is 5.57. The molecule has 0 unspecified atom stereocenters. The summed E-state index contributed by atoms with van der Waals surface area (Å²) in [4.78, 5) is 23.8. The molecule has 164 valence electrons. The molecular weight excluding hydrogens is 398 g/mol. The monoisotopic (exact) mass is 427 g/mol. The Balaban J connectivity index is 1.47. The molecule has 1 aliphatic rings. The fourth-order valence-electron chi connectivity index (χ4n) is 4.35. The van der Waals surface area contributed by atoms with Crippen molar-refractivity contribution in [3.05, 3.63) is 83.0 Å². The molecule has 0 spiro atoms. The maximum atomic E-state index is 4.96. The third kappa shape index (κ3) is 4.62. The number of hydrogen-bond donors (Lipinski definition) is 0. The van der Waals surface area contributed by atoms with E-state index in [-0.39, 0.29) is 0 Å². The Hall–Kier alpha value is -3.32. The van der Waals surface area contributed by atoms with Gasteiger partial charge in [0, 0.05) is 68.6 Å². The van der Waals surface area contributed by atoms with Gasteiger partial charge < -0.3 is 14.2 Å². The lowest BCUT2D eigenvalue weighted by molar-refractivity contribution is 0.312. The van der Waals surface area contributed by atoms with E-state index in [2.05, 4.69) is 65.3 Å². The molecular formula is C25H29N7. The molecule has 0 saturated carbocycles. The first-order chi connectivity index (χ1) is 15.5. The highest BCUT2D eigenvalue weighted by atomic mass is 15.3. The van der Waals surface area contributed by atoms with E-state index in [4.69, 9.17) is 15.0 Å². The molecule has 7 nitrogen and oxygen atoms in total. The predicted molar refractivity (Wildman–Crippen MR) is 126 cm³/mol. The third-order valence-corrected chi connectivity index (χ3v) is 5.98. The van der Waals surface area contributed by atoms with Gasteiger partial charge in [0.15, 0.2) is 0 Å². The van der Waals surface area contributed by atoms with Gasteiger partial charge in [0.05, 0.1) is 12.1 Å². The molecule has 0 amide bonds. The van der Waals surface area contributed by atoms with Crippen LogP contribution in [-0.4, -0.2) is 62.5 Å². The Morgan fingerprint density at radius 3 is 2.47 bits per heavy atom. The minimum absolute atomic E-state index is 0.635. The highest BCUT2D eigenvalue weighted by molar-refractivity contribution is 5.45. The Bertz CT molecular complexity index is 1220. The normalized spacial score (nSPS) is 14.9. The van der Waals surface area contributed by atoms with Gasteiger partial charge in [-0.25, -0.2) is 15.0 Å². The summed E-state index contributed by atoms with van der Waals surface area (Å²) in [5, 5.41) is 0. The van der Waals surface area contributed by atoms with Gasteiger partial charge in [-0.05, 0) is 56.3 Å². The number of likely N-dealkylation sites (N-methyl/N-ethyl adjacent to an activating group) is 1. The number of nitrogens with zero attached hydrogens (tertiary/aromatic N) is 7. The van der Waals surface area contributed by atoms with Crippen molar-refractivity contribution in [2.24, 2.45) is 0 Å². The van der Waals surface area contributed by atoms with Crippen molar-refractivity contribution in [1.29, 1.82) is 0 Å². The second kappa shape index (κ2) is 8.67. The SMILES string of the molecule is Cc1cc(C)nc(Cc2nc(Cc3ccn4ccnc4c3)cc(N3CCN(C)CC3)n2)c1. The zero-order chi connectivity index (χ0) is 22.1. The maximum Gasteiger partial charge on any atom is 0.136 e. The number of anilines is 1. The van der Waals surface area contributed by atoms with Crippen LogP contribution in [0.3, 0.4) is 0 Å². The fraction of sp³-hybridized carbons (Fsp3) is 0.360. The first-order valence-corrected chi connectivity index (χ1v) is 11.2. The van der Waals surface area contributed by atoms with Gasteiger partial charge in [-0.2, -0.15) is 0 Å². The van der Waals surface area contributed by atoms with Crippen LogP contribution < -0.4 is 4.90 Å². The number of piperazine rings is 1. The quantitative estimate of drug-likeness (QED) is 0.488. The smallest absolute Gasteiger partial charge is 0.136 e. The number of aromatic nitrogens is 5. The van der Waals surface area contributed by atoms with Gasteiger partial charge in [-0.15, -0.1) is 0 Å². The average Bonchev–Trinajstić information content (AvgIpc) is 3.21. The van der Waals surface area contributed by atoms with Gasteiger partial charge >= 0.3 is 0 Å². The third-order valence-electron chi connectivity index (χ3n) is 5.98. The number of hydrogen-bond acceptors (Lipinski definition) is 6. The number of fused-ring (bicyclic) bond motifs is 1. The summed E-state index contributed by atoms with van der Waals surface area (Å²) in [7, 11) is 2.17. The lowest BCUT2D eigenvalue weighted by Gasteiger charge is -2.33. The van der Waals surface area contributed by atoms with Gasteiger partial charge in [0.25, 0.3) is 0 Å². The van der Waals surface area contributed by atoms with E-state index < -0.39 is 0 Å². The molecule has 0 aliphatic carbocycles. The summed E-state index contributed by atoms with van der Waals surface area (Å²) in [6.07, 6.45) is 7.23. The zero-order valence-corrected chi connectivity index (χ0v) is 19.0. The number of rotatable bonds is 5. The molecule has 5 rings (SSSR count). The lowest BCUT2D eigenvalue weighted by atomic mass is 10.1. The minimum Gasteiger partial charge on any atom is -0.354 e. The fourth-order valence-corrected chi connectivity index (χ4v) is 4.35. The molecule has 32 heavy (non-hydrogen) atoms. The summed E-state index contributed by atoms with van der Waals surface area (Å²) in [6, 6.07) is 10.6. The van der Waals surface area contributed by atoms with Crippen molar-refractivity contribution in [2.75, 3.05) is 38.1 Å². The van der Waals surface area contributed by atoms with E-state index in [0.29, 0.717) is 6.42 Å². The van der Waals surface area contributed by atoms with Crippen molar-refractivity contribution >= 4 is 11.5 Å². The van der Waals surface area contributed by atoms with E-state index in [1.165, 1.54) is 11.1 Å². The van der Waals surface area contributed by atoms with Crippen LogP contribution in [-0.2, 0) is 12.8 Å². The van der Waals surface area contributed by atoms with Crippen molar-refractivity contribution in [2.45, 2.75) is 26.7 Å². The van der Waals surface area contributed by atoms with E-state index >= 15 is 0 Å². The molecule has 4 aromatic rings. The van der Waals surface area contributed by atoms with E-state index in [1.807, 2.05) is 23.7 Å². The Morgan fingerprint density at radius 2 is 1.66 bits per heavy atom. The first kappa shape index (κ1) is 20.6. The highest BCUT2D eigenvalue weighted by Crippen LogP contribution is 2.19. The summed E-state index contributed by atoms with van der Waals surface area (Å²) in [6.45, 7) is 8.20. The second-order valence-electron chi connectivity index (χ2n) is 8.78. The molecule has 1 aliphatic heterocycles. The van der Waals surface area contributed by atoms with Crippen LogP contribution in [0.25, 0.3) is 5.65 Å². The molecule has 0 aromatic carbocycles. The van der Waals surface area contributed by atoms with Crippen LogP contribution >= 0.6 is 0 Å². The molecule has 0 N–H and O–H groups in total. The van der Waals surface area contributed by atoms with Crippen molar-refractivity contribution in [3.8, 4) is 0 Å². The van der Waals surface area contributed by atoms with Crippen molar-refractivity contribution in [3.63, 3.8) is 0 Å². The molecule has 5 heterocycles. The number of pyridine rings is 2. The van der Waals surface area contributed by atoms with E-state index in [1.54, 1.807) is 0 Å². The van der Waals surface area contributed by atoms with Crippen LogP contribution in [0.15, 0.2) is 48.9 Å². The van der Waals surface area contributed by atoms with Crippen LogP contribution in [0.1, 0.15) is 34.0 Å². The Labute approximate surface area is 188 Å². The van der Waals surface area contributed by atoms with Crippen molar-refractivity contribution < 1.29 is 0 Å². The standard InChI is InChI=1S/C25H29N7/c1-18-12-19(2)27-21(13-18)16-23-28-22(14-20-4-6-31-7-5-26-24(31)15-20)17-25(29-23)32-10-8-30(3)9-11-32/h4-7,12-13,15,17H,8-11,14,16H2,1-3H3. The van der Waals surface area contributed by atoms with Gasteiger partial charge in [0.2, 0.25) is 0 Å². The highest BCUT2D eigenvalue weighted by Gasteiger charge is 2.18. The maximum absolute atomic E-state index is 4.96. The molecule has 4 aromatic heterocycles. The molecule has 1 fully saturated rings. The van der Waals surface area contributed by atoms with E-state index in [0.717, 1.165) is 67.0 Å². The second-order valence-corrected chi connectivity index (χ2v) is 8.78. The Morgan fingerprint density at radius 1 is 0.844 bits per heavy atom. The molecule has 0 radical (unpaired) electrons. The summed E-state index contributed by atoms with van der Waals surface area (Å²) in [5.41, 5.74) is 6.45. The van der Waals surface area contributed by atoms with Crippen LogP contribution in [0.2, 0.25) is 0 Å². The molecule has 0 bridgehead atoms. The minimum atomic E-state index is 0.635. The largest absolute Gasteiger partial charge is 0.354 e. The number of aryl methyl sites for hydroxylation is 2. The topological polar surface area (TPSA) is 62.5 Å². The van der Waals surface area contributed by atoms with Crippen molar-refractivity contribution in [1.82, 2.24) is 29.2 Å². The van der Waals surface area contributed by atoms with Crippen LogP contribution in [0.5, 0.6) is 0 Å². The summed E-state index contributed by atoms with van der Waals surface area (Å²) >= 11 is 0. The molecule has 1 saturated heterocycles. The predicted octanol–water partition coefficient (Wildman–Crippen LogP) is 3.07. The molecule has 0 atom stereocenters. The van der Waals surface area contributed by atoms with E-state index in [9.17, 15) is 0 Å². The van der Waals surface area contributed by atoms with Crippen LogP contribution in [0.4, 0.5) is 5.82 Å². The average molecular weight is 428 g/mol.